The molecule has 10 heteroatoms. The number of ether oxygens (including phenoxy) is 1. The van der Waals surface area contributed by atoms with Crippen molar-refractivity contribution in [2.24, 2.45) is 0 Å². The third-order valence-corrected chi connectivity index (χ3v) is 5.10. The summed E-state index contributed by atoms with van der Waals surface area (Å²) < 4.78 is 7.22. The van der Waals surface area contributed by atoms with Gasteiger partial charge in [0.25, 0.3) is 5.91 Å². The van der Waals surface area contributed by atoms with Gasteiger partial charge in [-0.25, -0.2) is 4.98 Å². The molecule has 0 saturated carbocycles. The smallest absolute Gasteiger partial charge is 0.268 e. The van der Waals surface area contributed by atoms with Gasteiger partial charge in [-0.15, -0.1) is 16.4 Å². The number of morpholine rings is 1. The molecule has 2 atom stereocenters. The highest BCUT2D eigenvalue weighted by molar-refractivity contribution is 7.12. The predicted molar refractivity (Wildman–Crippen MR) is 101 cm³/mol. The Balaban J connectivity index is 1.46. The number of hydrogen-bond donors (Lipinski definition) is 1. The van der Waals surface area contributed by atoms with Gasteiger partial charge >= 0.3 is 0 Å². The second kappa shape index (κ2) is 7.41. The predicted octanol–water partition coefficient (Wildman–Crippen LogP) is 1.98. The number of anilines is 2. The lowest BCUT2D eigenvalue weighted by atomic mass is 10.2. The van der Waals surface area contributed by atoms with Gasteiger partial charge in [-0.1, -0.05) is 0 Å². The SMILES string of the molecule is C[C@@H]1CN(c2ccc(NC(=O)c3sccc3-n3cnnn3)cn2)C[C@@H](C)O1. The monoisotopic (exact) mass is 385 g/mol. The third kappa shape index (κ3) is 3.81. The molecule has 27 heavy (non-hydrogen) atoms. The van der Waals surface area contributed by atoms with Crippen LogP contribution in [0.4, 0.5) is 11.5 Å². The molecule has 4 heterocycles. The van der Waals surface area contributed by atoms with Crippen molar-refractivity contribution in [3.05, 3.63) is 41.0 Å². The van der Waals surface area contributed by atoms with Crippen molar-refractivity contribution in [2.75, 3.05) is 23.3 Å². The summed E-state index contributed by atoms with van der Waals surface area (Å²) in [6, 6.07) is 5.57. The van der Waals surface area contributed by atoms with Crippen LogP contribution in [0, 0.1) is 0 Å². The molecule has 1 saturated heterocycles. The maximum absolute atomic E-state index is 12.6. The number of amides is 1. The highest BCUT2D eigenvalue weighted by Crippen LogP contribution is 2.23. The van der Waals surface area contributed by atoms with Gasteiger partial charge in [0.15, 0.2) is 0 Å². The Bertz CT molecular complexity index is 900. The first-order valence-corrected chi connectivity index (χ1v) is 9.47. The summed E-state index contributed by atoms with van der Waals surface area (Å²) in [5.41, 5.74) is 1.28. The van der Waals surface area contributed by atoms with Crippen LogP contribution in [-0.4, -0.2) is 56.4 Å². The van der Waals surface area contributed by atoms with Crippen LogP contribution in [0.5, 0.6) is 0 Å². The summed E-state index contributed by atoms with van der Waals surface area (Å²) in [5, 5.41) is 15.8. The first-order valence-electron chi connectivity index (χ1n) is 8.59. The first-order chi connectivity index (χ1) is 13.1. The van der Waals surface area contributed by atoms with E-state index in [0.717, 1.165) is 18.9 Å². The topological polar surface area (TPSA) is 98.1 Å². The second-order valence-corrected chi connectivity index (χ2v) is 7.33. The molecule has 1 aliphatic rings. The van der Waals surface area contributed by atoms with E-state index in [2.05, 4.69) is 44.6 Å². The van der Waals surface area contributed by atoms with Crippen LogP contribution in [0.25, 0.3) is 5.69 Å². The zero-order valence-electron chi connectivity index (χ0n) is 14.9. The van der Waals surface area contributed by atoms with E-state index in [1.165, 1.54) is 22.3 Å². The molecule has 0 unspecified atom stereocenters. The molecule has 3 aromatic heterocycles. The Morgan fingerprint density at radius 1 is 1.26 bits per heavy atom. The first kappa shape index (κ1) is 17.6. The van der Waals surface area contributed by atoms with E-state index in [4.69, 9.17) is 4.74 Å². The van der Waals surface area contributed by atoms with E-state index < -0.39 is 0 Å². The summed E-state index contributed by atoms with van der Waals surface area (Å²) >= 11 is 1.33. The van der Waals surface area contributed by atoms with Gasteiger partial charge in [-0.3, -0.25) is 4.79 Å². The van der Waals surface area contributed by atoms with Gasteiger partial charge in [-0.05, 0) is 47.9 Å². The molecule has 1 N–H and O–H groups in total. The number of carbonyl (C=O) groups excluding carboxylic acids is 1. The molecule has 9 nitrogen and oxygen atoms in total. The molecule has 0 bridgehead atoms. The summed E-state index contributed by atoms with van der Waals surface area (Å²) in [5.74, 6) is 0.652. The Hall–Kier alpha value is -2.85. The number of rotatable bonds is 4. The average molecular weight is 385 g/mol. The van der Waals surface area contributed by atoms with Gasteiger partial charge in [0.05, 0.1) is 29.8 Å². The molecule has 0 spiro atoms. The zero-order chi connectivity index (χ0) is 18.8. The van der Waals surface area contributed by atoms with Gasteiger partial charge < -0.3 is 15.0 Å². The van der Waals surface area contributed by atoms with E-state index in [-0.39, 0.29) is 18.1 Å². The van der Waals surface area contributed by atoms with Crippen LogP contribution < -0.4 is 10.2 Å². The van der Waals surface area contributed by atoms with E-state index in [0.29, 0.717) is 16.3 Å². The Morgan fingerprint density at radius 3 is 2.74 bits per heavy atom. The van der Waals surface area contributed by atoms with Crippen molar-refractivity contribution in [1.29, 1.82) is 0 Å². The summed E-state index contributed by atoms with van der Waals surface area (Å²) in [7, 11) is 0. The number of tetrazole rings is 1. The Labute approximate surface area is 160 Å². The highest BCUT2D eigenvalue weighted by Gasteiger charge is 2.23. The molecule has 1 amide bonds. The lowest BCUT2D eigenvalue weighted by Gasteiger charge is -2.36. The van der Waals surface area contributed by atoms with Crippen molar-refractivity contribution in [1.82, 2.24) is 25.2 Å². The van der Waals surface area contributed by atoms with Crippen molar-refractivity contribution in [3.8, 4) is 5.69 Å². The minimum atomic E-state index is -0.223. The van der Waals surface area contributed by atoms with Crippen LogP contribution in [0.2, 0.25) is 0 Å². The zero-order valence-corrected chi connectivity index (χ0v) is 15.8. The highest BCUT2D eigenvalue weighted by atomic mass is 32.1. The van der Waals surface area contributed by atoms with E-state index >= 15 is 0 Å². The van der Waals surface area contributed by atoms with Crippen LogP contribution >= 0.6 is 11.3 Å². The van der Waals surface area contributed by atoms with Crippen molar-refractivity contribution < 1.29 is 9.53 Å². The lowest BCUT2D eigenvalue weighted by Crippen LogP contribution is -2.45. The lowest BCUT2D eigenvalue weighted by molar-refractivity contribution is -0.00545. The van der Waals surface area contributed by atoms with Crippen LogP contribution in [0.1, 0.15) is 23.5 Å². The fourth-order valence-corrected chi connectivity index (χ4v) is 3.90. The molecule has 0 radical (unpaired) electrons. The normalized spacial score (nSPS) is 19.9. The average Bonchev–Trinajstić information content (AvgIpc) is 3.33. The number of hydrogen-bond acceptors (Lipinski definition) is 8. The molecule has 3 aromatic rings. The van der Waals surface area contributed by atoms with Gasteiger partial charge in [0.2, 0.25) is 0 Å². The molecular formula is C17H19N7O2S. The second-order valence-electron chi connectivity index (χ2n) is 6.41. The molecule has 0 aromatic carbocycles. The largest absolute Gasteiger partial charge is 0.372 e. The fourth-order valence-electron chi connectivity index (χ4n) is 3.12. The molecule has 0 aliphatic carbocycles. The van der Waals surface area contributed by atoms with Crippen LogP contribution in [0.3, 0.4) is 0 Å². The van der Waals surface area contributed by atoms with Crippen LogP contribution in [0.15, 0.2) is 36.1 Å². The maximum atomic E-state index is 12.6. The number of thiophene rings is 1. The van der Waals surface area contributed by atoms with Gasteiger partial charge in [-0.2, -0.15) is 4.68 Å². The van der Waals surface area contributed by atoms with Gasteiger partial charge in [0.1, 0.15) is 17.0 Å². The number of carbonyl (C=O) groups is 1. The van der Waals surface area contributed by atoms with Gasteiger partial charge in [0, 0.05) is 13.1 Å². The number of nitrogens with one attached hydrogen (secondary N) is 1. The summed E-state index contributed by atoms with van der Waals surface area (Å²) in [6.07, 6.45) is 3.46. The molecule has 1 aliphatic heterocycles. The minimum absolute atomic E-state index is 0.165. The number of pyridine rings is 1. The van der Waals surface area contributed by atoms with E-state index in [1.807, 2.05) is 17.5 Å². The van der Waals surface area contributed by atoms with Crippen molar-refractivity contribution in [2.45, 2.75) is 26.1 Å². The molecule has 1 fully saturated rings. The number of aromatic nitrogens is 5. The standard InChI is InChI=1S/C17H19N7O2S/c1-11-8-23(9-12(2)26-11)15-4-3-13(7-18-15)20-17(25)16-14(5-6-27-16)24-10-19-21-22-24/h3-7,10-12H,8-9H2,1-2H3,(H,20,25)/t11-,12-/m1/s1. The fraction of sp³-hybridized carbons (Fsp3) is 0.353. The third-order valence-electron chi connectivity index (χ3n) is 4.20. The van der Waals surface area contributed by atoms with Crippen LogP contribution in [-0.2, 0) is 4.74 Å². The van der Waals surface area contributed by atoms with Crippen molar-refractivity contribution >= 4 is 28.7 Å². The molecule has 4 rings (SSSR count). The molecule has 140 valence electrons. The molecular weight excluding hydrogens is 366 g/mol. The summed E-state index contributed by atoms with van der Waals surface area (Å²) in [4.78, 5) is 19.8. The van der Waals surface area contributed by atoms with E-state index in [1.54, 1.807) is 12.3 Å². The minimum Gasteiger partial charge on any atom is -0.372 e. The quantitative estimate of drug-likeness (QED) is 0.733. The Kier molecular flexibility index (Phi) is 4.82. The van der Waals surface area contributed by atoms with Crippen molar-refractivity contribution in [3.63, 3.8) is 0 Å². The Morgan fingerprint density at radius 2 is 2.07 bits per heavy atom. The maximum Gasteiger partial charge on any atom is 0.268 e. The number of nitrogens with zero attached hydrogens (tertiary/aromatic N) is 6. The summed E-state index contributed by atoms with van der Waals surface area (Å²) in [6.45, 7) is 5.71. The van der Waals surface area contributed by atoms with E-state index in [9.17, 15) is 4.79 Å².